The number of allylic oxidation sites excluding steroid dienone is 1. The van der Waals surface area contributed by atoms with Crippen LogP contribution in [0.4, 0.5) is 0 Å². The van der Waals surface area contributed by atoms with Gasteiger partial charge in [0.15, 0.2) is 0 Å². The molecule has 0 aromatic heterocycles. The van der Waals surface area contributed by atoms with Crippen LogP contribution < -0.4 is 0 Å². The van der Waals surface area contributed by atoms with Gasteiger partial charge in [-0.2, -0.15) is 0 Å². The predicted molar refractivity (Wildman–Crippen MR) is 43.1 cm³/mol. The number of nitrogens with zero attached hydrogens (tertiary/aromatic N) is 1. The molecule has 0 aromatic rings. The molecular weight excluding hydrogens is 138 g/mol. The molecule has 0 spiro atoms. The molecule has 1 fully saturated rings. The second kappa shape index (κ2) is 2.68. The summed E-state index contributed by atoms with van der Waals surface area (Å²) in [6.45, 7) is 1.96. The summed E-state index contributed by atoms with van der Waals surface area (Å²) in [5, 5.41) is 0. The highest BCUT2D eigenvalue weighted by Crippen LogP contribution is 2.21. The molecule has 1 aliphatic carbocycles. The van der Waals surface area contributed by atoms with Gasteiger partial charge in [-0.3, -0.25) is 4.79 Å². The predicted octanol–water partition coefficient (Wildman–Crippen LogP) is 1.33. The molecular formula is C9H13NO. The molecule has 0 N–H and O–H groups in total. The molecule has 0 bridgehead atoms. The SMILES string of the molecule is O=C(C1=CCCC1)N1CCC1. The first-order chi connectivity index (χ1) is 5.38. The lowest BCUT2D eigenvalue weighted by molar-refractivity contribution is -0.130. The van der Waals surface area contributed by atoms with Crippen LogP contribution in [-0.2, 0) is 4.79 Å². The summed E-state index contributed by atoms with van der Waals surface area (Å²) < 4.78 is 0. The van der Waals surface area contributed by atoms with Crippen molar-refractivity contribution >= 4 is 5.91 Å². The molecule has 11 heavy (non-hydrogen) atoms. The maximum absolute atomic E-state index is 11.5. The molecule has 2 heteroatoms. The fourth-order valence-corrected chi connectivity index (χ4v) is 1.59. The highest BCUT2D eigenvalue weighted by Gasteiger charge is 2.24. The average molecular weight is 151 g/mol. The van der Waals surface area contributed by atoms with Crippen molar-refractivity contribution < 1.29 is 4.79 Å². The first-order valence-electron chi connectivity index (χ1n) is 4.36. The Balaban J connectivity index is 1.97. The number of hydrogen-bond donors (Lipinski definition) is 0. The van der Waals surface area contributed by atoms with Crippen LogP contribution in [0.25, 0.3) is 0 Å². The Morgan fingerprint density at radius 3 is 2.64 bits per heavy atom. The van der Waals surface area contributed by atoms with E-state index >= 15 is 0 Å². The van der Waals surface area contributed by atoms with Crippen LogP contribution in [0.15, 0.2) is 11.6 Å². The van der Waals surface area contributed by atoms with E-state index in [9.17, 15) is 4.79 Å². The normalized spacial score (nSPS) is 22.9. The van der Waals surface area contributed by atoms with E-state index < -0.39 is 0 Å². The summed E-state index contributed by atoms with van der Waals surface area (Å²) in [5.41, 5.74) is 1.06. The van der Waals surface area contributed by atoms with Crippen molar-refractivity contribution in [3.8, 4) is 0 Å². The maximum Gasteiger partial charge on any atom is 0.249 e. The van der Waals surface area contributed by atoms with Gasteiger partial charge in [0.2, 0.25) is 5.91 Å². The van der Waals surface area contributed by atoms with Gasteiger partial charge in [-0.15, -0.1) is 0 Å². The standard InChI is InChI=1S/C9H13NO/c11-9(10-6-3-7-10)8-4-1-2-5-8/h4H,1-3,5-7H2. The molecule has 0 unspecified atom stereocenters. The van der Waals surface area contributed by atoms with E-state index in [-0.39, 0.29) is 0 Å². The van der Waals surface area contributed by atoms with E-state index in [0.29, 0.717) is 5.91 Å². The second-order valence-corrected chi connectivity index (χ2v) is 3.27. The number of rotatable bonds is 1. The van der Waals surface area contributed by atoms with E-state index in [1.54, 1.807) is 0 Å². The number of hydrogen-bond acceptors (Lipinski definition) is 1. The van der Waals surface area contributed by atoms with Crippen LogP contribution in [0.2, 0.25) is 0 Å². The van der Waals surface area contributed by atoms with Gasteiger partial charge < -0.3 is 4.90 Å². The van der Waals surface area contributed by atoms with Gasteiger partial charge >= 0.3 is 0 Å². The average Bonchev–Trinajstić information content (AvgIpc) is 2.32. The minimum atomic E-state index is 0.300. The van der Waals surface area contributed by atoms with Gasteiger partial charge in [-0.05, 0) is 25.7 Å². The second-order valence-electron chi connectivity index (χ2n) is 3.27. The highest BCUT2D eigenvalue weighted by molar-refractivity contribution is 5.94. The molecule has 2 rings (SSSR count). The van der Waals surface area contributed by atoms with Crippen molar-refractivity contribution in [3.05, 3.63) is 11.6 Å². The minimum absolute atomic E-state index is 0.300. The van der Waals surface area contributed by atoms with Crippen LogP contribution in [-0.4, -0.2) is 23.9 Å². The topological polar surface area (TPSA) is 20.3 Å². The monoisotopic (exact) mass is 151 g/mol. The summed E-state index contributed by atoms with van der Waals surface area (Å²) in [6, 6.07) is 0. The van der Waals surface area contributed by atoms with E-state index in [2.05, 4.69) is 6.08 Å². The van der Waals surface area contributed by atoms with Crippen molar-refractivity contribution in [1.29, 1.82) is 0 Å². The third-order valence-corrected chi connectivity index (χ3v) is 2.46. The molecule has 2 nitrogen and oxygen atoms in total. The first kappa shape index (κ1) is 6.89. The Morgan fingerprint density at radius 1 is 1.36 bits per heavy atom. The van der Waals surface area contributed by atoms with Gasteiger partial charge in [-0.25, -0.2) is 0 Å². The van der Waals surface area contributed by atoms with Crippen molar-refractivity contribution in [2.75, 3.05) is 13.1 Å². The zero-order valence-electron chi connectivity index (χ0n) is 6.68. The summed E-state index contributed by atoms with van der Waals surface area (Å²) in [5.74, 6) is 0.300. The van der Waals surface area contributed by atoms with Gasteiger partial charge in [0.1, 0.15) is 0 Å². The molecule has 1 heterocycles. The Bertz CT molecular complexity index is 204. The fraction of sp³-hybridized carbons (Fsp3) is 0.667. The zero-order chi connectivity index (χ0) is 7.68. The van der Waals surface area contributed by atoms with E-state index in [4.69, 9.17) is 0 Å². The lowest BCUT2D eigenvalue weighted by Crippen LogP contribution is -2.42. The van der Waals surface area contributed by atoms with Gasteiger partial charge in [0.05, 0.1) is 0 Å². The van der Waals surface area contributed by atoms with E-state index in [0.717, 1.165) is 31.5 Å². The maximum atomic E-state index is 11.5. The first-order valence-corrected chi connectivity index (χ1v) is 4.36. The lowest BCUT2D eigenvalue weighted by Gasteiger charge is -2.31. The van der Waals surface area contributed by atoms with Crippen LogP contribution in [0.5, 0.6) is 0 Å². The van der Waals surface area contributed by atoms with Gasteiger partial charge in [-0.1, -0.05) is 6.08 Å². The molecule has 1 aliphatic heterocycles. The lowest BCUT2D eigenvalue weighted by atomic mass is 10.1. The molecule has 1 amide bonds. The largest absolute Gasteiger partial charge is 0.339 e. The Morgan fingerprint density at radius 2 is 2.18 bits per heavy atom. The Labute approximate surface area is 66.9 Å². The van der Waals surface area contributed by atoms with Crippen molar-refractivity contribution in [1.82, 2.24) is 4.90 Å². The fourth-order valence-electron chi connectivity index (χ4n) is 1.59. The third kappa shape index (κ3) is 1.17. The number of carbonyl (C=O) groups excluding carboxylic acids is 1. The van der Waals surface area contributed by atoms with Crippen molar-refractivity contribution in [2.24, 2.45) is 0 Å². The van der Waals surface area contributed by atoms with Crippen molar-refractivity contribution in [2.45, 2.75) is 25.7 Å². The van der Waals surface area contributed by atoms with Gasteiger partial charge in [0.25, 0.3) is 0 Å². The van der Waals surface area contributed by atoms with Crippen LogP contribution in [0.3, 0.4) is 0 Å². The van der Waals surface area contributed by atoms with E-state index in [1.165, 1.54) is 12.8 Å². The van der Waals surface area contributed by atoms with Gasteiger partial charge in [0, 0.05) is 18.7 Å². The Kier molecular flexibility index (Phi) is 1.68. The highest BCUT2D eigenvalue weighted by atomic mass is 16.2. The number of likely N-dealkylation sites (tertiary alicyclic amines) is 1. The van der Waals surface area contributed by atoms with Crippen LogP contribution in [0.1, 0.15) is 25.7 Å². The van der Waals surface area contributed by atoms with Crippen molar-refractivity contribution in [3.63, 3.8) is 0 Å². The van der Waals surface area contributed by atoms with Crippen LogP contribution in [0, 0.1) is 0 Å². The molecule has 0 aromatic carbocycles. The summed E-state index contributed by atoms with van der Waals surface area (Å²) in [4.78, 5) is 13.4. The summed E-state index contributed by atoms with van der Waals surface area (Å²) >= 11 is 0. The Hall–Kier alpha value is -0.790. The molecule has 0 radical (unpaired) electrons. The molecule has 0 saturated carbocycles. The summed E-state index contributed by atoms with van der Waals surface area (Å²) in [7, 11) is 0. The minimum Gasteiger partial charge on any atom is -0.339 e. The number of amides is 1. The summed E-state index contributed by atoms with van der Waals surface area (Å²) in [6.07, 6.45) is 6.58. The van der Waals surface area contributed by atoms with Crippen LogP contribution >= 0.6 is 0 Å². The smallest absolute Gasteiger partial charge is 0.249 e. The number of carbonyl (C=O) groups is 1. The molecule has 2 aliphatic rings. The molecule has 0 atom stereocenters. The quantitative estimate of drug-likeness (QED) is 0.553. The molecule has 1 saturated heterocycles. The third-order valence-electron chi connectivity index (χ3n) is 2.46. The molecule has 60 valence electrons. The van der Waals surface area contributed by atoms with E-state index in [1.807, 2.05) is 4.90 Å². The zero-order valence-corrected chi connectivity index (χ0v) is 6.68.